The van der Waals surface area contributed by atoms with Gasteiger partial charge in [0.05, 0.1) is 11.9 Å². The summed E-state index contributed by atoms with van der Waals surface area (Å²) in [5, 5.41) is 15.6. The molecule has 2 amide bonds. The van der Waals surface area contributed by atoms with Crippen LogP contribution in [0, 0.1) is 0 Å². The molecule has 0 fully saturated rings. The number of carbonyl (C=O) groups excluding carboxylic acids is 2. The largest absolute Gasteiger partial charge is 0.459 e. The Morgan fingerprint density at radius 3 is 2.29 bits per heavy atom. The van der Waals surface area contributed by atoms with E-state index >= 15 is 0 Å². The van der Waals surface area contributed by atoms with Crippen LogP contribution in [0.1, 0.15) is 47.6 Å². The zero-order valence-electron chi connectivity index (χ0n) is 13.8. The van der Waals surface area contributed by atoms with Gasteiger partial charge in [-0.05, 0) is 49.2 Å². The van der Waals surface area contributed by atoms with E-state index in [-0.39, 0.29) is 24.1 Å². The average molecular weight is 330 g/mol. The third-order valence-corrected chi connectivity index (χ3v) is 4.04. The molecular weight excluding hydrogens is 308 g/mol. The van der Waals surface area contributed by atoms with Crippen molar-refractivity contribution in [1.82, 2.24) is 5.32 Å². The van der Waals surface area contributed by atoms with E-state index in [4.69, 9.17) is 4.42 Å². The minimum atomic E-state index is -0.882. The molecule has 0 spiro atoms. The maximum absolute atomic E-state index is 12.1. The highest BCUT2D eigenvalue weighted by molar-refractivity contribution is 6.02. The number of benzene rings is 1. The smallest absolute Gasteiger partial charge is 0.291 e. The number of amides is 2. The minimum absolute atomic E-state index is 0.204. The molecular formula is C18H22N2O4. The lowest BCUT2D eigenvalue weighted by Gasteiger charge is -2.25. The van der Waals surface area contributed by atoms with Gasteiger partial charge in [-0.2, -0.15) is 0 Å². The van der Waals surface area contributed by atoms with E-state index in [9.17, 15) is 14.7 Å². The number of nitrogens with one attached hydrogen (secondary N) is 2. The van der Waals surface area contributed by atoms with Crippen LogP contribution < -0.4 is 10.6 Å². The van der Waals surface area contributed by atoms with Crippen molar-refractivity contribution in [2.45, 2.75) is 32.3 Å². The maximum Gasteiger partial charge on any atom is 0.291 e. The molecule has 24 heavy (non-hydrogen) atoms. The van der Waals surface area contributed by atoms with Crippen molar-refractivity contribution in [2.75, 3.05) is 11.9 Å². The van der Waals surface area contributed by atoms with Crippen LogP contribution in [0.4, 0.5) is 5.69 Å². The Kier molecular flexibility index (Phi) is 5.76. The van der Waals surface area contributed by atoms with Gasteiger partial charge in [-0.15, -0.1) is 0 Å². The Balaban J connectivity index is 1.94. The second-order valence-corrected chi connectivity index (χ2v) is 5.62. The molecule has 2 rings (SSSR count). The fourth-order valence-electron chi connectivity index (χ4n) is 2.15. The predicted octanol–water partition coefficient (Wildman–Crippen LogP) is 2.81. The van der Waals surface area contributed by atoms with E-state index in [1.54, 1.807) is 36.4 Å². The van der Waals surface area contributed by atoms with Gasteiger partial charge in [0.1, 0.15) is 0 Å². The van der Waals surface area contributed by atoms with Crippen molar-refractivity contribution >= 4 is 17.5 Å². The van der Waals surface area contributed by atoms with Gasteiger partial charge in [-0.25, -0.2) is 0 Å². The maximum atomic E-state index is 12.1. The van der Waals surface area contributed by atoms with Crippen LogP contribution in [0.15, 0.2) is 47.1 Å². The number of hydrogen-bond donors (Lipinski definition) is 3. The number of rotatable bonds is 7. The Labute approximate surface area is 140 Å². The topological polar surface area (TPSA) is 91.6 Å². The van der Waals surface area contributed by atoms with Crippen LogP contribution in [0.25, 0.3) is 0 Å². The second kappa shape index (κ2) is 7.79. The summed E-state index contributed by atoms with van der Waals surface area (Å²) >= 11 is 0. The number of carbonyl (C=O) groups is 2. The fraction of sp³-hybridized carbons (Fsp3) is 0.333. The quantitative estimate of drug-likeness (QED) is 0.728. The number of hydrogen-bond acceptors (Lipinski definition) is 4. The first-order valence-corrected chi connectivity index (χ1v) is 7.93. The number of furan rings is 1. The molecule has 0 radical (unpaired) electrons. The molecule has 0 atom stereocenters. The van der Waals surface area contributed by atoms with Crippen molar-refractivity contribution in [3.8, 4) is 0 Å². The van der Waals surface area contributed by atoms with Crippen molar-refractivity contribution in [3.05, 3.63) is 54.0 Å². The molecule has 0 bridgehead atoms. The molecule has 0 aliphatic rings. The van der Waals surface area contributed by atoms with Crippen LogP contribution in [-0.4, -0.2) is 29.1 Å². The van der Waals surface area contributed by atoms with Crippen LogP contribution in [0.5, 0.6) is 0 Å². The summed E-state index contributed by atoms with van der Waals surface area (Å²) in [6.45, 7) is 3.97. The van der Waals surface area contributed by atoms with Gasteiger partial charge in [0.15, 0.2) is 5.76 Å². The van der Waals surface area contributed by atoms with Gasteiger partial charge in [-0.1, -0.05) is 13.8 Å². The lowest BCUT2D eigenvalue weighted by molar-refractivity contribution is 0.0314. The zero-order valence-corrected chi connectivity index (χ0v) is 13.8. The molecule has 0 saturated carbocycles. The number of anilines is 1. The first kappa shape index (κ1) is 17.7. The summed E-state index contributed by atoms with van der Waals surface area (Å²) in [7, 11) is 0. The minimum Gasteiger partial charge on any atom is -0.459 e. The fourth-order valence-corrected chi connectivity index (χ4v) is 2.15. The lowest BCUT2D eigenvalue weighted by atomic mass is 9.97. The second-order valence-electron chi connectivity index (χ2n) is 5.62. The molecule has 0 aliphatic carbocycles. The normalized spacial score (nSPS) is 11.1. The molecule has 0 unspecified atom stereocenters. The summed E-state index contributed by atoms with van der Waals surface area (Å²) in [5.74, 6) is -0.400. The summed E-state index contributed by atoms with van der Waals surface area (Å²) in [4.78, 5) is 24.0. The van der Waals surface area contributed by atoms with Crippen LogP contribution >= 0.6 is 0 Å². The first-order valence-electron chi connectivity index (χ1n) is 7.93. The zero-order chi connectivity index (χ0) is 17.6. The van der Waals surface area contributed by atoms with Crippen molar-refractivity contribution in [3.63, 3.8) is 0 Å². The molecule has 0 aliphatic heterocycles. The van der Waals surface area contributed by atoms with Crippen LogP contribution in [0.2, 0.25) is 0 Å². The van der Waals surface area contributed by atoms with E-state index in [1.807, 2.05) is 13.8 Å². The van der Waals surface area contributed by atoms with Gasteiger partial charge in [-0.3, -0.25) is 9.59 Å². The van der Waals surface area contributed by atoms with Crippen molar-refractivity contribution in [1.29, 1.82) is 0 Å². The SMILES string of the molecule is CCC(O)(CC)CNC(=O)c1ccc(NC(=O)c2ccco2)cc1. The van der Waals surface area contributed by atoms with Crippen LogP contribution in [-0.2, 0) is 0 Å². The van der Waals surface area contributed by atoms with Gasteiger partial charge >= 0.3 is 0 Å². The highest BCUT2D eigenvalue weighted by Crippen LogP contribution is 2.14. The van der Waals surface area contributed by atoms with Gasteiger partial charge < -0.3 is 20.2 Å². The molecule has 0 saturated heterocycles. The number of aliphatic hydroxyl groups is 1. The summed E-state index contributed by atoms with van der Waals surface area (Å²) in [6.07, 6.45) is 2.57. The Hall–Kier alpha value is -2.60. The van der Waals surface area contributed by atoms with Crippen LogP contribution in [0.3, 0.4) is 0 Å². The van der Waals surface area contributed by atoms with E-state index in [2.05, 4.69) is 10.6 Å². The van der Waals surface area contributed by atoms with Gasteiger partial charge in [0.2, 0.25) is 0 Å². The third kappa shape index (κ3) is 4.45. The third-order valence-electron chi connectivity index (χ3n) is 4.04. The summed E-state index contributed by atoms with van der Waals surface area (Å²) in [5.41, 5.74) is 0.138. The molecule has 128 valence electrons. The Bertz CT molecular complexity index is 674. The van der Waals surface area contributed by atoms with Gasteiger partial charge in [0.25, 0.3) is 11.8 Å². The molecule has 6 heteroatoms. The highest BCUT2D eigenvalue weighted by Gasteiger charge is 2.23. The van der Waals surface area contributed by atoms with E-state index in [0.29, 0.717) is 24.1 Å². The lowest BCUT2D eigenvalue weighted by Crippen LogP contribution is -2.42. The van der Waals surface area contributed by atoms with E-state index < -0.39 is 5.60 Å². The Morgan fingerprint density at radius 1 is 1.08 bits per heavy atom. The van der Waals surface area contributed by atoms with E-state index in [1.165, 1.54) is 6.26 Å². The Morgan fingerprint density at radius 2 is 1.75 bits per heavy atom. The molecule has 2 aromatic rings. The first-order chi connectivity index (χ1) is 11.5. The van der Waals surface area contributed by atoms with E-state index in [0.717, 1.165) is 0 Å². The predicted molar refractivity (Wildman–Crippen MR) is 91.0 cm³/mol. The van der Waals surface area contributed by atoms with Crippen molar-refractivity contribution < 1.29 is 19.1 Å². The molecule has 6 nitrogen and oxygen atoms in total. The van der Waals surface area contributed by atoms with Gasteiger partial charge in [0, 0.05) is 17.8 Å². The average Bonchev–Trinajstić information content (AvgIpc) is 3.15. The molecule has 1 aromatic heterocycles. The molecule has 1 aromatic carbocycles. The highest BCUT2D eigenvalue weighted by atomic mass is 16.3. The summed E-state index contributed by atoms with van der Waals surface area (Å²) in [6, 6.07) is 9.72. The summed E-state index contributed by atoms with van der Waals surface area (Å²) < 4.78 is 5.01. The molecule has 1 heterocycles. The van der Waals surface area contributed by atoms with Crippen molar-refractivity contribution in [2.24, 2.45) is 0 Å². The standard InChI is InChI=1S/C18H22N2O4/c1-3-18(23,4-2)12-19-16(21)13-7-9-14(10-8-13)20-17(22)15-6-5-11-24-15/h5-11,23H,3-4,12H2,1-2H3,(H,19,21)(H,20,22). The molecule has 3 N–H and O–H groups in total. The monoisotopic (exact) mass is 330 g/mol.